The average molecular weight is 235 g/mol. The van der Waals surface area contributed by atoms with Gasteiger partial charge >= 0.3 is 0 Å². The number of aryl methyl sites for hydroxylation is 2. The van der Waals surface area contributed by atoms with Gasteiger partial charge in [0.1, 0.15) is 0 Å². The van der Waals surface area contributed by atoms with Crippen molar-refractivity contribution < 1.29 is 4.74 Å². The fraction of sp³-hybridized carbons (Fsp3) is 0.600. The van der Waals surface area contributed by atoms with Gasteiger partial charge in [-0.2, -0.15) is 0 Å². The van der Waals surface area contributed by atoms with Crippen LogP contribution in [-0.4, -0.2) is 13.2 Å². The molecule has 0 fully saturated rings. The molecule has 0 radical (unpaired) electrons. The molecular weight excluding hydrogens is 210 g/mol. The van der Waals surface area contributed by atoms with Crippen LogP contribution in [0.5, 0.6) is 0 Å². The van der Waals surface area contributed by atoms with E-state index in [9.17, 15) is 0 Å². The summed E-state index contributed by atoms with van der Waals surface area (Å²) in [6.07, 6.45) is 0.0182. The van der Waals surface area contributed by atoms with E-state index in [1.165, 1.54) is 11.1 Å². The Balaban J connectivity index is 3.02. The van der Waals surface area contributed by atoms with E-state index in [0.29, 0.717) is 0 Å². The van der Waals surface area contributed by atoms with Gasteiger partial charge in [0.2, 0.25) is 0 Å². The largest absolute Gasteiger partial charge is 0.379 e. The van der Waals surface area contributed by atoms with Gasteiger partial charge in [-0.05, 0) is 36.0 Å². The van der Waals surface area contributed by atoms with Gasteiger partial charge in [-0.1, -0.05) is 39.0 Å². The Morgan fingerprint density at radius 1 is 1.12 bits per heavy atom. The maximum absolute atomic E-state index is 6.33. The van der Waals surface area contributed by atoms with Gasteiger partial charge in [-0.25, -0.2) is 0 Å². The van der Waals surface area contributed by atoms with Crippen LogP contribution >= 0.6 is 0 Å². The number of nitrogens with two attached hydrogens (primary N) is 1. The van der Waals surface area contributed by atoms with Gasteiger partial charge in [0.25, 0.3) is 0 Å². The Morgan fingerprint density at radius 3 is 2.12 bits per heavy atom. The van der Waals surface area contributed by atoms with Crippen LogP contribution in [0.4, 0.5) is 0 Å². The minimum atomic E-state index is -0.0840. The lowest BCUT2D eigenvalue weighted by Gasteiger charge is -2.34. The second-order valence-electron chi connectivity index (χ2n) is 5.89. The second kappa shape index (κ2) is 5.19. The van der Waals surface area contributed by atoms with Gasteiger partial charge in [-0.15, -0.1) is 0 Å². The molecule has 0 aromatic heterocycles. The summed E-state index contributed by atoms with van der Waals surface area (Å²) >= 11 is 0. The minimum Gasteiger partial charge on any atom is -0.379 e. The third kappa shape index (κ3) is 3.30. The molecule has 2 unspecified atom stereocenters. The van der Waals surface area contributed by atoms with Crippen LogP contribution in [-0.2, 0) is 4.74 Å². The van der Waals surface area contributed by atoms with Crippen LogP contribution in [0, 0.1) is 19.3 Å². The molecule has 0 heterocycles. The van der Waals surface area contributed by atoms with Crippen molar-refractivity contribution in [1.29, 1.82) is 0 Å². The first kappa shape index (κ1) is 14.2. The first-order valence-corrected chi connectivity index (χ1v) is 6.13. The third-order valence-electron chi connectivity index (χ3n) is 3.35. The van der Waals surface area contributed by atoms with E-state index in [4.69, 9.17) is 10.5 Å². The molecule has 1 aromatic rings. The van der Waals surface area contributed by atoms with Crippen LogP contribution in [0.3, 0.4) is 0 Å². The Hall–Kier alpha value is -0.860. The summed E-state index contributed by atoms with van der Waals surface area (Å²) < 4.78 is 5.58. The molecule has 0 aliphatic rings. The van der Waals surface area contributed by atoms with Crippen LogP contribution in [0.1, 0.15) is 43.5 Å². The molecule has 2 nitrogen and oxygen atoms in total. The number of rotatable bonds is 3. The fourth-order valence-corrected chi connectivity index (χ4v) is 2.19. The van der Waals surface area contributed by atoms with Crippen LogP contribution in [0.2, 0.25) is 0 Å². The number of methoxy groups -OCH3 is 1. The maximum Gasteiger partial charge on any atom is 0.0811 e. The van der Waals surface area contributed by atoms with Gasteiger partial charge in [0.15, 0.2) is 0 Å². The van der Waals surface area contributed by atoms with E-state index in [-0.39, 0.29) is 17.6 Å². The van der Waals surface area contributed by atoms with Gasteiger partial charge in [-0.3, -0.25) is 0 Å². The van der Waals surface area contributed by atoms with Crippen LogP contribution < -0.4 is 5.73 Å². The van der Waals surface area contributed by atoms with Crippen molar-refractivity contribution in [1.82, 2.24) is 0 Å². The summed E-state index contributed by atoms with van der Waals surface area (Å²) in [6.45, 7) is 10.7. The SMILES string of the molecule is COC(C(N)c1ccc(C)c(C)c1)C(C)(C)C. The molecule has 0 saturated heterocycles. The number of hydrogen-bond acceptors (Lipinski definition) is 2. The molecule has 17 heavy (non-hydrogen) atoms. The highest BCUT2D eigenvalue weighted by molar-refractivity contribution is 5.32. The molecule has 2 heteroatoms. The van der Waals surface area contributed by atoms with Crippen molar-refractivity contribution in [2.45, 2.75) is 46.8 Å². The van der Waals surface area contributed by atoms with Crippen molar-refractivity contribution in [2.24, 2.45) is 11.1 Å². The topological polar surface area (TPSA) is 35.2 Å². The van der Waals surface area contributed by atoms with E-state index in [2.05, 4.69) is 52.8 Å². The van der Waals surface area contributed by atoms with E-state index < -0.39 is 0 Å². The van der Waals surface area contributed by atoms with Crippen molar-refractivity contribution in [2.75, 3.05) is 7.11 Å². The van der Waals surface area contributed by atoms with Gasteiger partial charge in [0.05, 0.1) is 12.1 Å². The smallest absolute Gasteiger partial charge is 0.0811 e. The maximum atomic E-state index is 6.33. The Kier molecular flexibility index (Phi) is 4.34. The van der Waals surface area contributed by atoms with E-state index in [1.807, 2.05) is 0 Å². The number of benzene rings is 1. The van der Waals surface area contributed by atoms with Crippen molar-refractivity contribution in [3.63, 3.8) is 0 Å². The monoisotopic (exact) mass is 235 g/mol. The summed E-state index contributed by atoms with van der Waals surface area (Å²) in [4.78, 5) is 0. The van der Waals surface area contributed by atoms with Crippen LogP contribution in [0.15, 0.2) is 18.2 Å². The fourth-order valence-electron chi connectivity index (χ4n) is 2.19. The zero-order valence-corrected chi connectivity index (χ0v) is 11.9. The minimum absolute atomic E-state index is 0.0182. The Morgan fingerprint density at radius 2 is 1.71 bits per heavy atom. The van der Waals surface area contributed by atoms with Crippen LogP contribution in [0.25, 0.3) is 0 Å². The second-order valence-corrected chi connectivity index (χ2v) is 5.89. The molecule has 1 rings (SSSR count). The Bertz CT molecular complexity index is 379. The third-order valence-corrected chi connectivity index (χ3v) is 3.35. The molecule has 96 valence electrons. The van der Waals surface area contributed by atoms with E-state index in [1.54, 1.807) is 7.11 Å². The van der Waals surface area contributed by atoms with Crippen molar-refractivity contribution in [3.05, 3.63) is 34.9 Å². The normalized spacial score (nSPS) is 15.7. The number of ether oxygens (including phenoxy) is 1. The van der Waals surface area contributed by atoms with Gasteiger partial charge in [0, 0.05) is 7.11 Å². The lowest BCUT2D eigenvalue weighted by Crippen LogP contribution is -2.38. The highest BCUT2D eigenvalue weighted by Gasteiger charge is 2.31. The van der Waals surface area contributed by atoms with Crippen molar-refractivity contribution >= 4 is 0 Å². The van der Waals surface area contributed by atoms with Gasteiger partial charge < -0.3 is 10.5 Å². The molecule has 0 spiro atoms. The zero-order chi connectivity index (χ0) is 13.2. The molecule has 0 saturated carbocycles. The molecule has 0 aliphatic carbocycles. The first-order chi connectivity index (χ1) is 7.77. The highest BCUT2D eigenvalue weighted by Crippen LogP contribution is 2.31. The molecule has 0 aliphatic heterocycles. The predicted molar refractivity (Wildman–Crippen MR) is 73.1 cm³/mol. The van der Waals surface area contributed by atoms with Crippen molar-refractivity contribution in [3.8, 4) is 0 Å². The Labute approximate surface area is 105 Å². The lowest BCUT2D eigenvalue weighted by molar-refractivity contribution is -0.00244. The standard InChI is InChI=1S/C15H25NO/c1-10-7-8-12(9-11(10)2)13(16)14(17-6)15(3,4)5/h7-9,13-14H,16H2,1-6H3. The lowest BCUT2D eigenvalue weighted by atomic mass is 9.82. The molecule has 0 bridgehead atoms. The summed E-state index contributed by atoms with van der Waals surface area (Å²) in [5.41, 5.74) is 10.1. The average Bonchev–Trinajstić information content (AvgIpc) is 2.20. The van der Waals surface area contributed by atoms with E-state index in [0.717, 1.165) is 5.56 Å². The molecule has 2 N–H and O–H groups in total. The molecule has 0 amide bonds. The highest BCUT2D eigenvalue weighted by atomic mass is 16.5. The summed E-state index contributed by atoms with van der Waals surface area (Å²) in [7, 11) is 1.73. The predicted octanol–water partition coefficient (Wildman–Crippen LogP) is 3.36. The molecule has 2 atom stereocenters. The summed E-state index contributed by atoms with van der Waals surface area (Å²) in [5.74, 6) is 0. The first-order valence-electron chi connectivity index (χ1n) is 6.13. The molecule has 1 aromatic carbocycles. The van der Waals surface area contributed by atoms with E-state index >= 15 is 0 Å². The molecular formula is C15H25NO. The quantitative estimate of drug-likeness (QED) is 0.872. The summed E-state index contributed by atoms with van der Waals surface area (Å²) in [6, 6.07) is 6.31. The zero-order valence-electron chi connectivity index (χ0n) is 11.9. The number of hydrogen-bond donors (Lipinski definition) is 1. The summed E-state index contributed by atoms with van der Waals surface area (Å²) in [5, 5.41) is 0.